The highest BCUT2D eigenvalue weighted by Gasteiger charge is 2.55. The Bertz CT molecular complexity index is 634. The van der Waals surface area contributed by atoms with Gasteiger partial charge < -0.3 is 9.47 Å². The zero-order valence-electron chi connectivity index (χ0n) is 13.9. The maximum absolute atomic E-state index is 13.1. The van der Waals surface area contributed by atoms with Crippen molar-refractivity contribution in [3.8, 4) is 0 Å². The molecule has 0 amide bonds. The van der Waals surface area contributed by atoms with E-state index < -0.39 is 39.5 Å². The molecule has 1 N–H and O–H groups in total. The van der Waals surface area contributed by atoms with Crippen LogP contribution in [-0.4, -0.2) is 42.4 Å². The number of unbranched alkanes of at least 4 members (excludes halogenated alkanes) is 1. The smallest absolute Gasteiger partial charge is 0.456 e. The number of halogens is 2. The van der Waals surface area contributed by atoms with Crippen LogP contribution in [0.15, 0.2) is 0 Å². The van der Waals surface area contributed by atoms with E-state index in [4.69, 9.17) is 9.29 Å². The lowest BCUT2D eigenvalue weighted by molar-refractivity contribution is -0.181. The fourth-order valence-corrected chi connectivity index (χ4v) is 4.19. The average molecular weight is 384 g/mol. The topological polar surface area (TPSA) is 107 Å². The molecule has 2 saturated carbocycles. The van der Waals surface area contributed by atoms with Crippen molar-refractivity contribution in [1.82, 2.24) is 0 Å². The molecule has 0 heterocycles. The van der Waals surface area contributed by atoms with E-state index in [-0.39, 0.29) is 5.92 Å². The van der Waals surface area contributed by atoms with Gasteiger partial charge in [-0.1, -0.05) is 13.3 Å². The SMILES string of the molecule is CCCCC1(OC(=O)COC(=O)C(F)(F)S(=O)(=O)O)CC2CCC1C2. The highest BCUT2D eigenvalue weighted by molar-refractivity contribution is 7.87. The Morgan fingerprint density at radius 2 is 2.00 bits per heavy atom. The van der Waals surface area contributed by atoms with Gasteiger partial charge in [0.15, 0.2) is 6.61 Å². The lowest BCUT2D eigenvalue weighted by Crippen LogP contribution is -2.43. The summed E-state index contributed by atoms with van der Waals surface area (Å²) in [5.41, 5.74) is -0.659. The summed E-state index contributed by atoms with van der Waals surface area (Å²) in [7, 11) is -5.96. The Morgan fingerprint density at radius 1 is 1.32 bits per heavy atom. The minimum absolute atomic E-state index is 0.211. The lowest BCUT2D eigenvalue weighted by Gasteiger charge is -2.37. The third kappa shape index (κ3) is 4.11. The molecule has 2 aliphatic rings. The summed E-state index contributed by atoms with van der Waals surface area (Å²) < 4.78 is 65.0. The molecule has 3 unspecified atom stereocenters. The molecule has 0 aromatic rings. The van der Waals surface area contributed by atoms with Gasteiger partial charge >= 0.3 is 27.3 Å². The normalized spacial score (nSPS) is 28.8. The fraction of sp³-hybridized carbons (Fsp3) is 0.867. The van der Waals surface area contributed by atoms with Crippen LogP contribution >= 0.6 is 0 Å². The van der Waals surface area contributed by atoms with Gasteiger partial charge in [0.2, 0.25) is 0 Å². The van der Waals surface area contributed by atoms with Crippen LogP contribution < -0.4 is 0 Å². The van der Waals surface area contributed by atoms with Crippen LogP contribution in [0, 0.1) is 11.8 Å². The largest absolute Gasteiger partial charge is 0.465 e. The van der Waals surface area contributed by atoms with Crippen LogP contribution in [-0.2, 0) is 29.2 Å². The van der Waals surface area contributed by atoms with E-state index >= 15 is 0 Å². The maximum Gasteiger partial charge on any atom is 0.465 e. The van der Waals surface area contributed by atoms with E-state index in [0.29, 0.717) is 18.8 Å². The van der Waals surface area contributed by atoms with Crippen molar-refractivity contribution in [3.05, 3.63) is 0 Å². The number of hydrogen-bond acceptors (Lipinski definition) is 6. The second-order valence-corrected chi connectivity index (χ2v) is 8.25. The molecule has 7 nitrogen and oxygen atoms in total. The van der Waals surface area contributed by atoms with Gasteiger partial charge in [-0.05, 0) is 50.4 Å². The third-order valence-electron chi connectivity index (χ3n) is 5.07. The molecule has 144 valence electrons. The molecule has 2 rings (SSSR count). The molecule has 0 radical (unpaired) electrons. The molecular weight excluding hydrogens is 362 g/mol. The zero-order chi connectivity index (χ0) is 18.9. The number of ether oxygens (including phenoxy) is 2. The molecule has 25 heavy (non-hydrogen) atoms. The fourth-order valence-electron chi connectivity index (χ4n) is 3.92. The quantitative estimate of drug-likeness (QED) is 0.505. The average Bonchev–Trinajstić information content (AvgIpc) is 3.10. The van der Waals surface area contributed by atoms with Gasteiger partial charge in [0.1, 0.15) is 5.60 Å². The lowest BCUT2D eigenvalue weighted by atomic mass is 9.80. The van der Waals surface area contributed by atoms with Crippen molar-refractivity contribution in [2.24, 2.45) is 11.8 Å². The van der Waals surface area contributed by atoms with Gasteiger partial charge in [-0.25, -0.2) is 9.59 Å². The van der Waals surface area contributed by atoms with Crippen molar-refractivity contribution < 1.29 is 40.8 Å². The van der Waals surface area contributed by atoms with Crippen LogP contribution in [0.5, 0.6) is 0 Å². The highest BCUT2D eigenvalue weighted by atomic mass is 32.2. The first-order valence-electron chi connectivity index (χ1n) is 8.25. The van der Waals surface area contributed by atoms with Gasteiger partial charge in [-0.3, -0.25) is 4.55 Å². The number of fused-ring (bicyclic) bond motifs is 2. The first-order chi connectivity index (χ1) is 11.5. The minimum Gasteiger partial charge on any atom is -0.456 e. The monoisotopic (exact) mass is 384 g/mol. The van der Waals surface area contributed by atoms with Crippen molar-refractivity contribution >= 4 is 22.1 Å². The summed E-state index contributed by atoms with van der Waals surface area (Å²) in [6, 6.07) is 0. The van der Waals surface area contributed by atoms with Gasteiger partial charge in [0.25, 0.3) is 0 Å². The molecule has 2 aliphatic carbocycles. The van der Waals surface area contributed by atoms with Crippen LogP contribution in [0.3, 0.4) is 0 Å². The van der Waals surface area contributed by atoms with E-state index in [1.165, 1.54) is 0 Å². The van der Waals surface area contributed by atoms with E-state index in [1.807, 2.05) is 6.92 Å². The maximum atomic E-state index is 13.1. The minimum atomic E-state index is -5.96. The predicted octanol–water partition coefficient (Wildman–Crippen LogP) is 2.30. The first-order valence-corrected chi connectivity index (χ1v) is 9.70. The zero-order valence-corrected chi connectivity index (χ0v) is 14.7. The second kappa shape index (κ2) is 7.14. The van der Waals surface area contributed by atoms with Crippen molar-refractivity contribution in [2.75, 3.05) is 6.61 Å². The van der Waals surface area contributed by atoms with Crippen LogP contribution in [0.4, 0.5) is 8.78 Å². The van der Waals surface area contributed by atoms with Crippen molar-refractivity contribution in [3.63, 3.8) is 0 Å². The summed E-state index contributed by atoms with van der Waals surface area (Å²) in [6.45, 7) is 0.872. The molecule has 0 saturated heterocycles. The summed E-state index contributed by atoms with van der Waals surface area (Å²) in [5.74, 6) is -2.82. The van der Waals surface area contributed by atoms with Crippen molar-refractivity contribution in [1.29, 1.82) is 0 Å². The number of esters is 2. The van der Waals surface area contributed by atoms with Gasteiger partial charge in [0.05, 0.1) is 0 Å². The second-order valence-electron chi connectivity index (χ2n) is 6.79. The van der Waals surface area contributed by atoms with E-state index in [0.717, 1.165) is 32.1 Å². The molecule has 0 spiro atoms. The molecular formula is C15H22F2O7S. The number of carbonyl (C=O) groups is 2. The molecule has 3 atom stereocenters. The Labute approximate surface area is 144 Å². The first kappa shape index (κ1) is 20.0. The predicted molar refractivity (Wildman–Crippen MR) is 81.3 cm³/mol. The molecule has 0 aromatic carbocycles. The molecule has 2 fully saturated rings. The van der Waals surface area contributed by atoms with E-state index in [2.05, 4.69) is 4.74 Å². The van der Waals surface area contributed by atoms with E-state index in [1.54, 1.807) is 0 Å². The molecule has 0 aliphatic heterocycles. The van der Waals surface area contributed by atoms with Crippen LogP contribution in [0.25, 0.3) is 0 Å². The Hall–Kier alpha value is -1.29. The molecule has 10 heteroatoms. The summed E-state index contributed by atoms with van der Waals surface area (Å²) in [4.78, 5) is 23.1. The van der Waals surface area contributed by atoms with E-state index in [9.17, 15) is 26.8 Å². The Kier molecular flexibility index (Phi) is 5.72. The Balaban J connectivity index is 1.95. The number of rotatable bonds is 8. The molecule has 2 bridgehead atoms. The third-order valence-corrected chi connectivity index (χ3v) is 5.89. The van der Waals surface area contributed by atoms with Crippen LogP contribution in [0.1, 0.15) is 51.9 Å². The number of carbonyl (C=O) groups excluding carboxylic acids is 2. The van der Waals surface area contributed by atoms with Gasteiger partial charge in [0, 0.05) is 0 Å². The number of alkyl halides is 2. The number of hydrogen-bond donors (Lipinski definition) is 1. The highest BCUT2D eigenvalue weighted by Crippen LogP contribution is 2.54. The molecule has 0 aromatic heterocycles. The Morgan fingerprint density at radius 3 is 2.48 bits per heavy atom. The van der Waals surface area contributed by atoms with Gasteiger partial charge in [-0.2, -0.15) is 17.2 Å². The van der Waals surface area contributed by atoms with Crippen LogP contribution in [0.2, 0.25) is 0 Å². The summed E-state index contributed by atoms with van der Waals surface area (Å²) in [5, 5.41) is -5.13. The van der Waals surface area contributed by atoms with Gasteiger partial charge in [-0.15, -0.1) is 0 Å². The van der Waals surface area contributed by atoms with Crippen molar-refractivity contribution in [2.45, 2.75) is 62.7 Å². The summed E-state index contributed by atoms with van der Waals surface area (Å²) >= 11 is 0. The standard InChI is InChI=1S/C15H22F2O7S/c1-2-3-6-14(8-10-4-5-11(14)7-10)24-12(18)9-23-13(19)15(16,17)25(20,21)22/h10-11H,2-9H2,1H3,(H,20,21,22). The summed E-state index contributed by atoms with van der Waals surface area (Å²) in [6.07, 6.45) is 6.08.